The second kappa shape index (κ2) is 3.12. The molecule has 15 heavy (non-hydrogen) atoms. The van der Waals surface area contributed by atoms with Gasteiger partial charge in [0.1, 0.15) is 11.6 Å². The molecule has 78 valence electrons. The van der Waals surface area contributed by atoms with Gasteiger partial charge in [-0.25, -0.2) is 4.98 Å². The maximum atomic E-state index is 9.36. The molecule has 1 fully saturated rings. The number of fused-ring (bicyclic) bond motifs is 1. The number of pyridine rings is 1. The number of nitrogens with one attached hydrogen (secondary N) is 1. The Labute approximate surface area is 91.5 Å². The normalized spacial score (nSPS) is 16.9. The minimum Gasteiger partial charge on any atom is -0.508 e. The lowest BCUT2D eigenvalue weighted by molar-refractivity contribution is 0.428. The highest BCUT2D eigenvalue weighted by Crippen LogP contribution is 2.27. The van der Waals surface area contributed by atoms with Gasteiger partial charge in [-0.15, -0.1) is 0 Å². The molecule has 0 spiro atoms. The van der Waals surface area contributed by atoms with Crippen LogP contribution in [0, 0.1) is 0 Å². The molecule has 0 aliphatic carbocycles. The molecule has 0 aromatic carbocycles. The van der Waals surface area contributed by atoms with E-state index in [0.29, 0.717) is 11.1 Å². The maximum absolute atomic E-state index is 9.36. The molecule has 1 aliphatic heterocycles. The lowest BCUT2D eigenvalue weighted by Gasteiger charge is -2.25. The summed E-state index contributed by atoms with van der Waals surface area (Å²) < 4.78 is 1.94. The monoisotopic (exact) mass is 223 g/mol. The van der Waals surface area contributed by atoms with Gasteiger partial charge in [0, 0.05) is 31.3 Å². The number of nitrogens with zero attached hydrogens (tertiary/aromatic N) is 2. The van der Waals surface area contributed by atoms with E-state index in [0.717, 1.165) is 24.4 Å². The smallest absolute Gasteiger partial charge is 0.155 e. The van der Waals surface area contributed by atoms with E-state index in [1.54, 1.807) is 18.3 Å². The van der Waals surface area contributed by atoms with Crippen LogP contribution in [0.1, 0.15) is 11.7 Å². The molecule has 0 bridgehead atoms. The van der Waals surface area contributed by atoms with E-state index >= 15 is 0 Å². The zero-order chi connectivity index (χ0) is 10.4. The number of imidazole rings is 1. The first-order valence-electron chi connectivity index (χ1n) is 4.83. The number of rotatable bonds is 1. The molecule has 1 saturated heterocycles. The van der Waals surface area contributed by atoms with E-state index in [1.807, 2.05) is 4.40 Å². The molecule has 0 unspecified atom stereocenters. The third-order valence-electron chi connectivity index (χ3n) is 2.76. The molecule has 0 atom stereocenters. The molecular formula is C10H10ClN3O. The first-order chi connectivity index (χ1) is 7.25. The Morgan fingerprint density at radius 2 is 2.33 bits per heavy atom. The van der Waals surface area contributed by atoms with Crippen LogP contribution in [0.15, 0.2) is 18.3 Å². The Kier molecular flexibility index (Phi) is 1.87. The number of hydrogen-bond acceptors (Lipinski definition) is 3. The number of halogens is 1. The molecule has 0 saturated carbocycles. The van der Waals surface area contributed by atoms with Crippen LogP contribution in [-0.4, -0.2) is 27.6 Å². The molecular weight excluding hydrogens is 214 g/mol. The fourth-order valence-electron chi connectivity index (χ4n) is 1.82. The van der Waals surface area contributed by atoms with Crippen LogP contribution >= 0.6 is 11.6 Å². The maximum Gasteiger partial charge on any atom is 0.155 e. The van der Waals surface area contributed by atoms with Crippen molar-refractivity contribution in [3.05, 3.63) is 29.3 Å². The highest BCUT2D eigenvalue weighted by Gasteiger charge is 2.24. The largest absolute Gasteiger partial charge is 0.508 e. The third-order valence-corrected chi connectivity index (χ3v) is 3.03. The van der Waals surface area contributed by atoms with Crippen LogP contribution in [-0.2, 0) is 0 Å². The van der Waals surface area contributed by atoms with Crippen molar-refractivity contribution in [1.82, 2.24) is 14.7 Å². The van der Waals surface area contributed by atoms with Crippen molar-refractivity contribution < 1.29 is 5.11 Å². The third kappa shape index (κ3) is 1.29. The van der Waals surface area contributed by atoms with E-state index in [2.05, 4.69) is 10.3 Å². The Balaban J connectivity index is 2.22. The van der Waals surface area contributed by atoms with Gasteiger partial charge in [0.25, 0.3) is 0 Å². The molecule has 0 radical (unpaired) electrons. The molecule has 2 N–H and O–H groups in total. The molecule has 1 aliphatic rings. The number of aromatic nitrogens is 2. The summed E-state index contributed by atoms with van der Waals surface area (Å²) in [5.41, 5.74) is 0.763. The minimum atomic E-state index is 0.211. The Morgan fingerprint density at radius 3 is 3.00 bits per heavy atom. The second-order valence-corrected chi connectivity index (χ2v) is 4.11. The summed E-state index contributed by atoms with van der Waals surface area (Å²) in [6.45, 7) is 1.88. The van der Waals surface area contributed by atoms with Gasteiger partial charge in [0.15, 0.2) is 5.15 Å². The van der Waals surface area contributed by atoms with Gasteiger partial charge < -0.3 is 14.8 Å². The molecule has 2 aromatic heterocycles. The topological polar surface area (TPSA) is 49.6 Å². The molecule has 5 heteroatoms. The van der Waals surface area contributed by atoms with Crippen molar-refractivity contribution in [1.29, 1.82) is 0 Å². The van der Waals surface area contributed by atoms with Gasteiger partial charge >= 0.3 is 0 Å². The Hall–Kier alpha value is -1.26. The van der Waals surface area contributed by atoms with Crippen LogP contribution in [0.4, 0.5) is 0 Å². The molecule has 3 rings (SSSR count). The lowest BCUT2D eigenvalue weighted by Crippen LogP contribution is -2.40. The summed E-state index contributed by atoms with van der Waals surface area (Å²) in [5.74, 6) is 1.60. The standard InChI is InChI=1S/C10H10ClN3O/c11-9-8-3-7(15)1-2-14(8)10(13-9)6-4-12-5-6/h1-3,6,12,15H,4-5H2. The highest BCUT2D eigenvalue weighted by molar-refractivity contribution is 6.32. The summed E-state index contributed by atoms with van der Waals surface area (Å²) in [7, 11) is 0. The van der Waals surface area contributed by atoms with Gasteiger partial charge in [-0.1, -0.05) is 11.6 Å². The van der Waals surface area contributed by atoms with E-state index in [-0.39, 0.29) is 5.75 Å². The molecule has 2 aromatic rings. The van der Waals surface area contributed by atoms with E-state index in [9.17, 15) is 5.11 Å². The molecule has 3 heterocycles. The zero-order valence-corrected chi connectivity index (χ0v) is 8.70. The highest BCUT2D eigenvalue weighted by atomic mass is 35.5. The Morgan fingerprint density at radius 1 is 1.53 bits per heavy atom. The Bertz CT molecular complexity index is 519. The average Bonchev–Trinajstić information content (AvgIpc) is 2.41. The van der Waals surface area contributed by atoms with Crippen molar-refractivity contribution in [2.24, 2.45) is 0 Å². The van der Waals surface area contributed by atoms with Crippen LogP contribution in [0.25, 0.3) is 5.52 Å². The first kappa shape index (κ1) is 9.00. The minimum absolute atomic E-state index is 0.211. The summed E-state index contributed by atoms with van der Waals surface area (Å²) in [4.78, 5) is 4.33. The molecule has 4 nitrogen and oxygen atoms in total. The predicted octanol–water partition coefficient (Wildman–Crippen LogP) is 1.38. The summed E-state index contributed by atoms with van der Waals surface area (Å²) in [6.07, 6.45) is 1.80. The van der Waals surface area contributed by atoms with Gasteiger partial charge in [0.2, 0.25) is 0 Å². The lowest BCUT2D eigenvalue weighted by atomic mass is 10.0. The fraction of sp³-hybridized carbons (Fsp3) is 0.300. The van der Waals surface area contributed by atoms with Crippen LogP contribution in [0.5, 0.6) is 5.75 Å². The number of aromatic hydroxyl groups is 1. The van der Waals surface area contributed by atoms with Crippen molar-refractivity contribution >= 4 is 17.1 Å². The summed E-state index contributed by atoms with van der Waals surface area (Å²) in [5, 5.41) is 13.0. The fourth-order valence-corrected chi connectivity index (χ4v) is 2.05. The second-order valence-electron chi connectivity index (χ2n) is 3.76. The van der Waals surface area contributed by atoms with Crippen molar-refractivity contribution in [2.75, 3.05) is 13.1 Å². The van der Waals surface area contributed by atoms with Gasteiger partial charge in [-0.2, -0.15) is 0 Å². The molecule has 0 amide bonds. The van der Waals surface area contributed by atoms with Gasteiger partial charge in [-0.05, 0) is 6.07 Å². The van der Waals surface area contributed by atoms with Crippen LogP contribution < -0.4 is 5.32 Å². The van der Waals surface area contributed by atoms with E-state index in [4.69, 9.17) is 11.6 Å². The van der Waals surface area contributed by atoms with Gasteiger partial charge in [0.05, 0.1) is 5.52 Å². The average molecular weight is 224 g/mol. The summed E-state index contributed by atoms with van der Waals surface area (Å²) >= 11 is 6.01. The van der Waals surface area contributed by atoms with Crippen molar-refractivity contribution in [2.45, 2.75) is 5.92 Å². The quantitative estimate of drug-likeness (QED) is 0.768. The van der Waals surface area contributed by atoms with Crippen LogP contribution in [0.2, 0.25) is 5.15 Å². The predicted molar refractivity (Wildman–Crippen MR) is 57.5 cm³/mol. The van der Waals surface area contributed by atoms with Crippen molar-refractivity contribution in [3.8, 4) is 5.75 Å². The first-order valence-corrected chi connectivity index (χ1v) is 5.20. The van der Waals surface area contributed by atoms with Crippen molar-refractivity contribution in [3.63, 3.8) is 0 Å². The number of hydrogen-bond donors (Lipinski definition) is 2. The van der Waals surface area contributed by atoms with Crippen LogP contribution in [0.3, 0.4) is 0 Å². The van der Waals surface area contributed by atoms with E-state index < -0.39 is 0 Å². The summed E-state index contributed by atoms with van der Waals surface area (Å²) in [6, 6.07) is 3.27. The van der Waals surface area contributed by atoms with E-state index in [1.165, 1.54) is 0 Å². The van der Waals surface area contributed by atoms with Gasteiger partial charge in [-0.3, -0.25) is 0 Å². The SMILES string of the molecule is Oc1ccn2c(C3CNC3)nc(Cl)c2c1. The zero-order valence-electron chi connectivity index (χ0n) is 7.94.